The predicted molar refractivity (Wildman–Crippen MR) is 115 cm³/mol. The van der Waals surface area contributed by atoms with Crippen LogP contribution in [-0.2, 0) is 6.54 Å². The van der Waals surface area contributed by atoms with Crippen LogP contribution >= 0.6 is 0 Å². The van der Waals surface area contributed by atoms with Crippen molar-refractivity contribution in [3.05, 3.63) is 89.6 Å². The molecule has 2 N–H and O–H groups in total. The second kappa shape index (κ2) is 7.53. The monoisotopic (exact) mass is 414 g/mol. The highest BCUT2D eigenvalue weighted by Crippen LogP contribution is 2.34. The summed E-state index contributed by atoms with van der Waals surface area (Å²) in [5.74, 6) is 0.0732. The zero-order valence-corrected chi connectivity index (χ0v) is 16.4. The molecule has 0 aliphatic carbocycles. The summed E-state index contributed by atoms with van der Waals surface area (Å²) in [6, 6.07) is 19.7. The molecule has 154 valence electrons. The maximum atomic E-state index is 13.1. The summed E-state index contributed by atoms with van der Waals surface area (Å²) in [6.45, 7) is 0.686. The van der Waals surface area contributed by atoms with E-state index in [9.17, 15) is 9.59 Å². The van der Waals surface area contributed by atoms with Crippen LogP contribution in [0.2, 0.25) is 0 Å². The van der Waals surface area contributed by atoms with E-state index in [0.29, 0.717) is 29.3 Å². The third-order valence-electron chi connectivity index (χ3n) is 5.22. The van der Waals surface area contributed by atoms with Crippen LogP contribution < -0.4 is 14.8 Å². The molecule has 2 heterocycles. The second-order valence-corrected chi connectivity index (χ2v) is 7.21. The molecule has 31 heavy (non-hydrogen) atoms. The van der Waals surface area contributed by atoms with Crippen molar-refractivity contribution in [2.24, 2.45) is 0 Å². The van der Waals surface area contributed by atoms with Gasteiger partial charge in [-0.2, -0.15) is 0 Å². The fourth-order valence-corrected chi connectivity index (χ4v) is 3.68. The van der Waals surface area contributed by atoms with Gasteiger partial charge in [-0.15, -0.1) is 0 Å². The molecule has 1 amide bonds. The first-order chi connectivity index (χ1) is 15.1. The number of fused-ring (bicyclic) bond motifs is 2. The van der Waals surface area contributed by atoms with E-state index in [1.807, 2.05) is 35.0 Å². The molecular weight excluding hydrogens is 396 g/mol. The largest absolute Gasteiger partial charge is 0.478 e. The molecule has 7 heteroatoms. The van der Waals surface area contributed by atoms with E-state index in [1.54, 1.807) is 42.5 Å². The number of nitrogens with zero attached hydrogens (tertiary/aromatic N) is 1. The normalized spacial score (nSPS) is 12.1. The van der Waals surface area contributed by atoms with Gasteiger partial charge in [0, 0.05) is 35.4 Å². The Morgan fingerprint density at radius 2 is 1.74 bits per heavy atom. The van der Waals surface area contributed by atoms with E-state index in [2.05, 4.69) is 5.32 Å². The van der Waals surface area contributed by atoms with Gasteiger partial charge in [0.05, 0.1) is 11.1 Å². The summed E-state index contributed by atoms with van der Waals surface area (Å²) < 4.78 is 12.7. The number of hydrogen-bond donors (Lipinski definition) is 2. The van der Waals surface area contributed by atoms with Gasteiger partial charge in [0.15, 0.2) is 11.5 Å². The summed E-state index contributed by atoms with van der Waals surface area (Å²) >= 11 is 0. The van der Waals surface area contributed by atoms with E-state index in [-0.39, 0.29) is 18.3 Å². The maximum Gasteiger partial charge on any atom is 0.335 e. The molecule has 0 fully saturated rings. The molecule has 0 bridgehead atoms. The van der Waals surface area contributed by atoms with Crippen LogP contribution in [0.3, 0.4) is 0 Å². The summed E-state index contributed by atoms with van der Waals surface area (Å²) in [4.78, 5) is 24.1. The number of para-hydroxylation sites is 1. The van der Waals surface area contributed by atoms with E-state index in [0.717, 1.165) is 16.5 Å². The first-order valence-corrected chi connectivity index (χ1v) is 9.69. The molecule has 1 aliphatic rings. The molecule has 5 rings (SSSR count). The Balaban J connectivity index is 1.44. The van der Waals surface area contributed by atoms with Gasteiger partial charge in [-0.3, -0.25) is 4.79 Å². The third-order valence-corrected chi connectivity index (χ3v) is 5.22. The van der Waals surface area contributed by atoms with Crippen LogP contribution in [0.5, 0.6) is 11.5 Å². The second-order valence-electron chi connectivity index (χ2n) is 7.21. The van der Waals surface area contributed by atoms with Crippen LogP contribution in [0.25, 0.3) is 10.9 Å². The number of aromatic carboxylic acids is 1. The van der Waals surface area contributed by atoms with Crippen LogP contribution in [0.4, 0.5) is 5.69 Å². The zero-order valence-electron chi connectivity index (χ0n) is 16.4. The number of aromatic nitrogens is 1. The Labute approximate surface area is 177 Å². The quantitative estimate of drug-likeness (QED) is 0.506. The Hall–Kier alpha value is -4.26. The number of rotatable bonds is 5. The van der Waals surface area contributed by atoms with Crippen molar-refractivity contribution in [3.8, 4) is 11.5 Å². The molecule has 4 aromatic rings. The highest BCUT2D eigenvalue weighted by molar-refractivity contribution is 6.13. The van der Waals surface area contributed by atoms with Crippen molar-refractivity contribution >= 4 is 28.5 Å². The average molecular weight is 414 g/mol. The summed E-state index contributed by atoms with van der Waals surface area (Å²) in [5, 5.41) is 12.8. The number of hydrogen-bond acceptors (Lipinski definition) is 4. The number of carboxylic acid groups (broad SMARTS) is 1. The number of anilines is 1. The van der Waals surface area contributed by atoms with Crippen molar-refractivity contribution in [1.29, 1.82) is 0 Å². The lowest BCUT2D eigenvalue weighted by atomic mass is 10.1. The third kappa shape index (κ3) is 3.57. The predicted octanol–water partition coefficient (Wildman–Crippen LogP) is 4.37. The topological polar surface area (TPSA) is 89.8 Å². The number of carbonyl (C=O) groups is 2. The lowest BCUT2D eigenvalue weighted by Gasteiger charge is -2.06. The number of amides is 1. The van der Waals surface area contributed by atoms with Gasteiger partial charge in [-0.25, -0.2) is 4.79 Å². The number of benzene rings is 3. The molecule has 0 radical (unpaired) electrons. The highest BCUT2D eigenvalue weighted by atomic mass is 16.7. The minimum Gasteiger partial charge on any atom is -0.478 e. The number of nitrogens with one attached hydrogen (secondary N) is 1. The Bertz CT molecular complexity index is 1310. The summed E-state index contributed by atoms with van der Waals surface area (Å²) in [7, 11) is 0. The smallest absolute Gasteiger partial charge is 0.335 e. The lowest BCUT2D eigenvalue weighted by Crippen LogP contribution is -2.11. The van der Waals surface area contributed by atoms with Crippen LogP contribution in [0.15, 0.2) is 72.9 Å². The van der Waals surface area contributed by atoms with Crippen molar-refractivity contribution in [1.82, 2.24) is 4.57 Å². The molecule has 0 atom stereocenters. The average Bonchev–Trinajstić information content (AvgIpc) is 3.39. The number of carboxylic acids is 1. The van der Waals surface area contributed by atoms with Gasteiger partial charge in [0.25, 0.3) is 5.91 Å². The molecular formula is C24H18N2O5. The molecule has 1 aromatic heterocycles. The molecule has 0 saturated heterocycles. The molecule has 0 spiro atoms. The van der Waals surface area contributed by atoms with E-state index in [4.69, 9.17) is 14.6 Å². The Morgan fingerprint density at radius 1 is 0.968 bits per heavy atom. The lowest BCUT2D eigenvalue weighted by molar-refractivity contribution is 0.0696. The first kappa shape index (κ1) is 18.7. The number of ether oxygens (including phenoxy) is 2. The Kier molecular flexibility index (Phi) is 4.55. The van der Waals surface area contributed by atoms with Gasteiger partial charge < -0.3 is 24.5 Å². The van der Waals surface area contributed by atoms with Gasteiger partial charge in [0.1, 0.15) is 0 Å². The Morgan fingerprint density at radius 3 is 2.55 bits per heavy atom. The van der Waals surface area contributed by atoms with E-state index in [1.165, 1.54) is 0 Å². The zero-order chi connectivity index (χ0) is 21.4. The van der Waals surface area contributed by atoms with Crippen molar-refractivity contribution < 1.29 is 24.2 Å². The van der Waals surface area contributed by atoms with Gasteiger partial charge in [-0.05, 0) is 35.9 Å². The van der Waals surface area contributed by atoms with Gasteiger partial charge >= 0.3 is 5.97 Å². The van der Waals surface area contributed by atoms with Crippen molar-refractivity contribution in [2.45, 2.75) is 6.54 Å². The van der Waals surface area contributed by atoms with Crippen LogP contribution in [0, 0.1) is 0 Å². The van der Waals surface area contributed by atoms with Gasteiger partial charge in [-0.1, -0.05) is 30.3 Å². The molecule has 0 saturated carbocycles. The molecule has 3 aromatic carbocycles. The van der Waals surface area contributed by atoms with E-state index < -0.39 is 5.97 Å². The fourth-order valence-electron chi connectivity index (χ4n) is 3.68. The van der Waals surface area contributed by atoms with Crippen LogP contribution in [-0.4, -0.2) is 28.3 Å². The highest BCUT2D eigenvalue weighted by Gasteiger charge is 2.18. The first-order valence-electron chi connectivity index (χ1n) is 9.69. The SMILES string of the molecule is O=C(O)c1ccc(Cn2cc(C(=O)Nc3ccc4c(c3)OCO4)c3ccccc32)cc1. The van der Waals surface area contributed by atoms with Crippen LogP contribution in [0.1, 0.15) is 26.3 Å². The minimum absolute atomic E-state index is 0.174. The molecule has 0 unspecified atom stereocenters. The molecule has 1 aliphatic heterocycles. The van der Waals surface area contributed by atoms with Crippen molar-refractivity contribution in [2.75, 3.05) is 12.1 Å². The summed E-state index contributed by atoms with van der Waals surface area (Å²) in [5.41, 5.74) is 3.27. The minimum atomic E-state index is -0.958. The van der Waals surface area contributed by atoms with E-state index >= 15 is 0 Å². The van der Waals surface area contributed by atoms with Crippen molar-refractivity contribution in [3.63, 3.8) is 0 Å². The molecule has 7 nitrogen and oxygen atoms in total. The maximum absolute atomic E-state index is 13.1. The number of carbonyl (C=O) groups excluding carboxylic acids is 1. The standard InChI is InChI=1S/C24H18N2O5/c27-23(25-17-9-10-21-22(11-17)31-14-30-21)19-13-26(20-4-2-1-3-18(19)20)12-15-5-7-16(8-6-15)24(28)29/h1-11,13H,12,14H2,(H,25,27)(H,28,29). The summed E-state index contributed by atoms with van der Waals surface area (Å²) in [6.07, 6.45) is 1.82. The van der Waals surface area contributed by atoms with Gasteiger partial charge in [0.2, 0.25) is 6.79 Å². The fraction of sp³-hybridized carbons (Fsp3) is 0.0833.